The highest BCUT2D eigenvalue weighted by atomic mass is 19.4. The summed E-state index contributed by atoms with van der Waals surface area (Å²) in [5, 5.41) is 8.82. The molecule has 0 rings (SSSR count). The number of hydrogen-bond donors (Lipinski definition) is 1. The van der Waals surface area contributed by atoms with Crippen LogP contribution in [0.2, 0.25) is 0 Å². The van der Waals surface area contributed by atoms with Crippen molar-refractivity contribution < 1.29 is 41.0 Å². The Hall–Kier alpha value is -0.990. The van der Waals surface area contributed by atoms with Crippen LogP contribution >= 0.6 is 0 Å². The van der Waals surface area contributed by atoms with Gasteiger partial charge in [-0.25, -0.2) is 0 Å². The average molecular weight is 310 g/mol. The van der Waals surface area contributed by atoms with Gasteiger partial charge in [0.05, 0.1) is 12.0 Å². The highest BCUT2D eigenvalue weighted by Crippen LogP contribution is 2.45. The van der Waals surface area contributed by atoms with E-state index in [1.165, 1.54) is 20.8 Å². The molecule has 120 valence electrons. The van der Waals surface area contributed by atoms with E-state index in [-0.39, 0.29) is 0 Å². The summed E-state index contributed by atoms with van der Waals surface area (Å²) in [6.45, 7) is 3.82. The minimum Gasteiger partial charge on any atom is -0.465 e. The molecule has 0 aliphatic rings. The summed E-state index contributed by atoms with van der Waals surface area (Å²) in [6.07, 6.45) is -14.1. The van der Waals surface area contributed by atoms with Crippen molar-refractivity contribution in [2.45, 2.75) is 51.6 Å². The summed E-state index contributed by atoms with van der Waals surface area (Å²) < 4.78 is 78.3. The van der Waals surface area contributed by atoms with E-state index in [9.17, 15) is 31.1 Å². The number of carbonyl (C=O) groups is 1. The average Bonchev–Trinajstić information content (AvgIpc) is 2.18. The lowest BCUT2D eigenvalue weighted by atomic mass is 9.96. The van der Waals surface area contributed by atoms with Gasteiger partial charge < -0.3 is 9.84 Å². The number of rotatable bonds is 4. The molecule has 0 bridgehead atoms. The van der Waals surface area contributed by atoms with Crippen LogP contribution in [0.15, 0.2) is 0 Å². The van der Waals surface area contributed by atoms with E-state index in [1.54, 1.807) is 0 Å². The topological polar surface area (TPSA) is 46.5 Å². The first-order chi connectivity index (χ1) is 8.63. The monoisotopic (exact) mass is 310 g/mol. The van der Waals surface area contributed by atoms with Crippen LogP contribution in [-0.2, 0) is 9.53 Å². The molecule has 0 saturated heterocycles. The fourth-order valence-corrected chi connectivity index (χ4v) is 1.15. The molecule has 0 fully saturated rings. The van der Waals surface area contributed by atoms with Crippen molar-refractivity contribution in [1.82, 2.24) is 0 Å². The normalized spacial score (nSPS) is 14.3. The molecule has 0 radical (unpaired) electrons. The van der Waals surface area contributed by atoms with Gasteiger partial charge in [-0.3, -0.25) is 4.79 Å². The molecule has 1 N–H and O–H groups in total. The predicted octanol–water partition coefficient (Wildman–Crippen LogP) is 3.21. The second kappa shape index (κ2) is 5.79. The Balaban J connectivity index is 4.58. The van der Waals surface area contributed by atoms with Gasteiger partial charge in [0.25, 0.3) is 5.60 Å². The van der Waals surface area contributed by atoms with E-state index >= 15 is 0 Å². The Morgan fingerprint density at radius 1 is 1.00 bits per heavy atom. The van der Waals surface area contributed by atoms with E-state index in [4.69, 9.17) is 5.11 Å². The van der Waals surface area contributed by atoms with Crippen LogP contribution in [0.3, 0.4) is 0 Å². The number of aliphatic hydroxyl groups is 1. The highest BCUT2D eigenvalue weighted by Gasteiger charge is 2.69. The number of ether oxygens (including phenoxy) is 1. The molecule has 0 heterocycles. The van der Waals surface area contributed by atoms with Crippen molar-refractivity contribution in [1.29, 1.82) is 0 Å². The zero-order valence-corrected chi connectivity index (χ0v) is 11.2. The molecule has 20 heavy (non-hydrogen) atoms. The summed E-state index contributed by atoms with van der Waals surface area (Å²) >= 11 is 0. The fraction of sp³-hybridized carbons (Fsp3) is 0.909. The number of esters is 1. The molecule has 0 aliphatic carbocycles. The molecule has 0 atom stereocenters. The maximum Gasteiger partial charge on any atom is 0.426 e. The first-order valence-corrected chi connectivity index (χ1v) is 5.66. The second-order valence-corrected chi connectivity index (χ2v) is 5.35. The van der Waals surface area contributed by atoms with Crippen LogP contribution in [-0.4, -0.2) is 35.6 Å². The lowest BCUT2D eigenvalue weighted by Gasteiger charge is -2.32. The summed E-state index contributed by atoms with van der Waals surface area (Å²) in [6, 6.07) is 0. The molecule has 0 amide bonds. The van der Waals surface area contributed by atoms with Crippen LogP contribution in [0.1, 0.15) is 33.6 Å². The Morgan fingerprint density at radius 3 is 1.70 bits per heavy atom. The van der Waals surface area contributed by atoms with Crippen molar-refractivity contribution >= 4 is 5.97 Å². The van der Waals surface area contributed by atoms with Crippen molar-refractivity contribution in [3.05, 3.63) is 0 Å². The van der Waals surface area contributed by atoms with Gasteiger partial charge >= 0.3 is 18.3 Å². The molecule has 0 saturated carbocycles. The maximum atomic E-state index is 12.3. The van der Waals surface area contributed by atoms with Crippen molar-refractivity contribution in [2.75, 3.05) is 6.61 Å². The molecule has 0 unspecified atom stereocenters. The van der Waals surface area contributed by atoms with Crippen LogP contribution in [0, 0.1) is 5.41 Å². The SMILES string of the molecule is CC(C)(C)C(=O)OCCCC(O)(C(F)(F)F)C(F)(F)F. The summed E-state index contributed by atoms with van der Waals surface area (Å²) in [7, 11) is 0. The quantitative estimate of drug-likeness (QED) is 0.493. The fourth-order valence-electron chi connectivity index (χ4n) is 1.15. The third-order valence-corrected chi connectivity index (χ3v) is 2.47. The minimum absolute atomic E-state index is 0.634. The summed E-state index contributed by atoms with van der Waals surface area (Å²) in [5.74, 6) is -0.750. The molecule has 3 nitrogen and oxygen atoms in total. The van der Waals surface area contributed by atoms with E-state index in [0.29, 0.717) is 0 Å². The van der Waals surface area contributed by atoms with E-state index in [1.807, 2.05) is 0 Å². The Kier molecular flexibility index (Phi) is 5.50. The van der Waals surface area contributed by atoms with Gasteiger partial charge in [-0.05, 0) is 33.6 Å². The van der Waals surface area contributed by atoms with Crippen molar-refractivity contribution in [2.24, 2.45) is 5.41 Å². The number of hydrogen-bond acceptors (Lipinski definition) is 3. The molecule has 0 aromatic carbocycles. The van der Waals surface area contributed by atoms with Gasteiger partial charge in [0.2, 0.25) is 0 Å². The molecular formula is C11H16F6O3. The van der Waals surface area contributed by atoms with Crippen LogP contribution in [0.25, 0.3) is 0 Å². The summed E-state index contributed by atoms with van der Waals surface area (Å²) in [5.41, 5.74) is -5.71. The molecule has 0 aromatic rings. The first kappa shape index (κ1) is 19.0. The zero-order chi connectivity index (χ0) is 16.4. The van der Waals surface area contributed by atoms with Crippen molar-refractivity contribution in [3.63, 3.8) is 0 Å². The standard InChI is InChI=1S/C11H16F6O3/c1-8(2,3)7(18)20-6-4-5-9(19,10(12,13)14)11(15,16)17/h19H,4-6H2,1-3H3. The van der Waals surface area contributed by atoms with Gasteiger partial charge in [-0.15, -0.1) is 0 Å². The third-order valence-electron chi connectivity index (χ3n) is 2.47. The van der Waals surface area contributed by atoms with E-state index < -0.39 is 48.8 Å². The van der Waals surface area contributed by atoms with Gasteiger partial charge in [-0.1, -0.05) is 0 Å². The number of halogens is 6. The lowest BCUT2D eigenvalue weighted by Crippen LogP contribution is -2.56. The second-order valence-electron chi connectivity index (χ2n) is 5.35. The first-order valence-electron chi connectivity index (χ1n) is 5.66. The van der Waals surface area contributed by atoms with E-state index in [2.05, 4.69) is 4.74 Å². The number of alkyl halides is 6. The van der Waals surface area contributed by atoms with Crippen LogP contribution in [0.5, 0.6) is 0 Å². The molecule has 0 aliphatic heterocycles. The Labute approximate surface area is 111 Å². The van der Waals surface area contributed by atoms with Crippen LogP contribution in [0.4, 0.5) is 26.3 Å². The van der Waals surface area contributed by atoms with Crippen LogP contribution < -0.4 is 0 Å². The molecule has 0 aromatic heterocycles. The zero-order valence-electron chi connectivity index (χ0n) is 11.2. The Bertz CT molecular complexity index is 326. The molecule has 0 spiro atoms. The lowest BCUT2D eigenvalue weighted by molar-refractivity contribution is -0.370. The van der Waals surface area contributed by atoms with Gasteiger partial charge in [-0.2, -0.15) is 26.3 Å². The van der Waals surface area contributed by atoms with Gasteiger partial charge in [0.15, 0.2) is 0 Å². The smallest absolute Gasteiger partial charge is 0.426 e. The number of carbonyl (C=O) groups excluding carboxylic acids is 1. The molecule has 9 heteroatoms. The third kappa shape index (κ3) is 4.53. The van der Waals surface area contributed by atoms with E-state index in [0.717, 1.165) is 0 Å². The Morgan fingerprint density at radius 2 is 1.40 bits per heavy atom. The van der Waals surface area contributed by atoms with Gasteiger partial charge in [0, 0.05) is 0 Å². The summed E-state index contributed by atoms with van der Waals surface area (Å²) in [4.78, 5) is 11.3. The van der Waals surface area contributed by atoms with Gasteiger partial charge in [0.1, 0.15) is 0 Å². The minimum atomic E-state index is -5.85. The largest absolute Gasteiger partial charge is 0.465 e. The van der Waals surface area contributed by atoms with Crippen molar-refractivity contribution in [3.8, 4) is 0 Å². The predicted molar refractivity (Wildman–Crippen MR) is 56.7 cm³/mol. The highest BCUT2D eigenvalue weighted by molar-refractivity contribution is 5.75. The maximum absolute atomic E-state index is 12.3. The molecular weight excluding hydrogens is 294 g/mol.